The molecule has 0 aliphatic heterocycles. The molecular weight excluding hydrogens is 323 g/mol. The zero-order valence-electron chi connectivity index (χ0n) is 11.1. The van der Waals surface area contributed by atoms with Crippen molar-refractivity contribution in [2.45, 2.75) is 13.8 Å². The lowest BCUT2D eigenvalue weighted by Crippen LogP contribution is -2.16. The molecule has 5 heteroatoms. The first kappa shape index (κ1) is 14.5. The molecule has 0 fully saturated rings. The quantitative estimate of drug-likeness (QED) is 0.813. The summed E-state index contributed by atoms with van der Waals surface area (Å²) in [6.07, 6.45) is 0. The van der Waals surface area contributed by atoms with Crippen molar-refractivity contribution in [3.8, 4) is 0 Å². The van der Waals surface area contributed by atoms with Crippen molar-refractivity contribution in [3.63, 3.8) is 0 Å². The van der Waals surface area contributed by atoms with Gasteiger partial charge >= 0.3 is 0 Å². The summed E-state index contributed by atoms with van der Waals surface area (Å²) in [6, 6.07) is 8.15. The van der Waals surface area contributed by atoms with Crippen molar-refractivity contribution in [1.82, 2.24) is 0 Å². The number of hydrogen-bond donors (Lipinski definition) is 2. The molecule has 0 bridgehead atoms. The van der Waals surface area contributed by atoms with E-state index in [2.05, 4.69) is 21.2 Å². The molecule has 0 spiro atoms. The second kappa shape index (κ2) is 5.63. The van der Waals surface area contributed by atoms with Crippen LogP contribution in [0.25, 0.3) is 0 Å². The standard InChI is InChI=1S/C15H14BrFN2O/c1-8-4-3-5-12(18)14(8)15(20)19-13-7-11(17)10(16)6-9(13)2/h3-7H,18H2,1-2H3,(H,19,20). The van der Waals surface area contributed by atoms with E-state index in [0.717, 1.165) is 11.1 Å². The van der Waals surface area contributed by atoms with E-state index in [-0.39, 0.29) is 5.91 Å². The normalized spacial score (nSPS) is 10.4. The largest absolute Gasteiger partial charge is 0.398 e. The van der Waals surface area contributed by atoms with Crippen molar-refractivity contribution in [3.05, 3.63) is 57.3 Å². The lowest BCUT2D eigenvalue weighted by Gasteiger charge is -2.12. The van der Waals surface area contributed by atoms with Crippen LogP contribution in [0.15, 0.2) is 34.8 Å². The van der Waals surface area contributed by atoms with Crippen LogP contribution in [0.4, 0.5) is 15.8 Å². The maximum atomic E-state index is 13.5. The highest BCUT2D eigenvalue weighted by Crippen LogP contribution is 2.25. The number of aryl methyl sites for hydroxylation is 2. The fourth-order valence-electron chi connectivity index (χ4n) is 1.97. The Morgan fingerprint density at radius 3 is 2.60 bits per heavy atom. The molecule has 104 valence electrons. The van der Waals surface area contributed by atoms with E-state index in [1.54, 1.807) is 38.1 Å². The zero-order chi connectivity index (χ0) is 14.9. The molecule has 0 aliphatic carbocycles. The van der Waals surface area contributed by atoms with Gasteiger partial charge in [0.1, 0.15) is 5.82 Å². The third kappa shape index (κ3) is 2.82. The zero-order valence-corrected chi connectivity index (χ0v) is 12.7. The Bertz CT molecular complexity index is 666. The average molecular weight is 337 g/mol. The van der Waals surface area contributed by atoms with Crippen LogP contribution in [-0.2, 0) is 0 Å². The van der Waals surface area contributed by atoms with Gasteiger partial charge in [-0.15, -0.1) is 0 Å². The molecule has 2 rings (SSSR count). The summed E-state index contributed by atoms with van der Waals surface area (Å²) in [5.74, 6) is -0.769. The highest BCUT2D eigenvalue weighted by atomic mass is 79.9. The maximum Gasteiger partial charge on any atom is 0.258 e. The van der Waals surface area contributed by atoms with Gasteiger partial charge in [0.15, 0.2) is 0 Å². The highest BCUT2D eigenvalue weighted by molar-refractivity contribution is 9.10. The van der Waals surface area contributed by atoms with Crippen LogP contribution in [-0.4, -0.2) is 5.91 Å². The van der Waals surface area contributed by atoms with Gasteiger partial charge in [-0.1, -0.05) is 12.1 Å². The van der Waals surface area contributed by atoms with Gasteiger partial charge in [0.05, 0.1) is 10.0 Å². The van der Waals surface area contributed by atoms with Gasteiger partial charge in [-0.3, -0.25) is 4.79 Å². The molecule has 3 N–H and O–H groups in total. The van der Waals surface area contributed by atoms with Crippen LogP contribution in [0.5, 0.6) is 0 Å². The van der Waals surface area contributed by atoms with E-state index in [4.69, 9.17) is 5.73 Å². The van der Waals surface area contributed by atoms with Crippen molar-refractivity contribution in [1.29, 1.82) is 0 Å². The number of halogens is 2. The number of rotatable bonds is 2. The van der Waals surface area contributed by atoms with Crippen LogP contribution < -0.4 is 11.1 Å². The van der Waals surface area contributed by atoms with Crippen LogP contribution in [0.3, 0.4) is 0 Å². The van der Waals surface area contributed by atoms with Gasteiger partial charge in [0.2, 0.25) is 0 Å². The summed E-state index contributed by atoms with van der Waals surface area (Å²) in [6.45, 7) is 3.60. The lowest BCUT2D eigenvalue weighted by atomic mass is 10.1. The molecule has 0 atom stereocenters. The SMILES string of the molecule is Cc1cc(Br)c(F)cc1NC(=O)c1c(C)cccc1N. The summed E-state index contributed by atoms with van der Waals surface area (Å²) < 4.78 is 13.9. The van der Waals surface area contributed by atoms with Crippen LogP contribution in [0.1, 0.15) is 21.5 Å². The first-order valence-corrected chi connectivity index (χ1v) is 6.81. The molecule has 2 aromatic carbocycles. The van der Waals surface area contributed by atoms with E-state index in [9.17, 15) is 9.18 Å². The third-order valence-corrected chi connectivity index (χ3v) is 3.66. The number of hydrogen-bond acceptors (Lipinski definition) is 2. The number of benzene rings is 2. The summed E-state index contributed by atoms with van der Waals surface area (Å²) in [5.41, 5.74) is 8.61. The molecule has 0 radical (unpaired) electrons. The Labute approximate surface area is 125 Å². The molecule has 20 heavy (non-hydrogen) atoms. The molecule has 0 aliphatic rings. The Morgan fingerprint density at radius 1 is 1.25 bits per heavy atom. The van der Waals surface area contributed by atoms with Gasteiger partial charge < -0.3 is 11.1 Å². The van der Waals surface area contributed by atoms with Gasteiger partial charge in [-0.25, -0.2) is 4.39 Å². The Kier molecular flexibility index (Phi) is 4.09. The van der Waals surface area contributed by atoms with E-state index in [1.807, 2.05) is 0 Å². The smallest absolute Gasteiger partial charge is 0.258 e. The van der Waals surface area contributed by atoms with Crippen LogP contribution in [0.2, 0.25) is 0 Å². The van der Waals surface area contributed by atoms with Crippen molar-refractivity contribution < 1.29 is 9.18 Å². The van der Waals surface area contributed by atoms with Gasteiger partial charge in [0.25, 0.3) is 5.91 Å². The van der Waals surface area contributed by atoms with Crippen molar-refractivity contribution in [2.75, 3.05) is 11.1 Å². The predicted molar refractivity (Wildman–Crippen MR) is 82.4 cm³/mol. The minimum absolute atomic E-state index is 0.342. The Morgan fingerprint density at radius 2 is 1.95 bits per heavy atom. The van der Waals surface area contributed by atoms with E-state index < -0.39 is 5.82 Å². The number of nitrogens with two attached hydrogens (primary N) is 1. The van der Waals surface area contributed by atoms with Gasteiger partial charge in [-0.2, -0.15) is 0 Å². The predicted octanol–water partition coefficient (Wildman–Crippen LogP) is 4.04. The van der Waals surface area contributed by atoms with Crippen LogP contribution in [0, 0.1) is 19.7 Å². The second-order valence-electron chi connectivity index (χ2n) is 4.57. The van der Waals surface area contributed by atoms with Crippen LogP contribution >= 0.6 is 15.9 Å². The molecule has 0 aromatic heterocycles. The number of nitrogens with one attached hydrogen (secondary N) is 1. The van der Waals surface area contributed by atoms with Crippen molar-refractivity contribution in [2.24, 2.45) is 0 Å². The lowest BCUT2D eigenvalue weighted by molar-refractivity contribution is 0.102. The molecule has 0 saturated heterocycles. The first-order chi connectivity index (χ1) is 9.40. The minimum atomic E-state index is -0.427. The minimum Gasteiger partial charge on any atom is -0.398 e. The highest BCUT2D eigenvalue weighted by Gasteiger charge is 2.14. The fraction of sp³-hybridized carbons (Fsp3) is 0.133. The molecule has 0 saturated carbocycles. The molecular formula is C15H14BrFN2O. The summed E-state index contributed by atoms with van der Waals surface area (Å²) in [5, 5.41) is 2.70. The second-order valence-corrected chi connectivity index (χ2v) is 5.43. The Balaban J connectivity index is 2.35. The summed E-state index contributed by atoms with van der Waals surface area (Å²) >= 11 is 3.11. The number of nitrogen functional groups attached to an aromatic ring is 1. The van der Waals surface area contributed by atoms with Gasteiger partial charge in [0, 0.05) is 11.4 Å². The fourth-order valence-corrected chi connectivity index (χ4v) is 2.42. The topological polar surface area (TPSA) is 55.1 Å². The maximum absolute atomic E-state index is 13.5. The molecule has 0 unspecified atom stereocenters. The molecule has 1 amide bonds. The van der Waals surface area contributed by atoms with Gasteiger partial charge in [-0.05, 0) is 59.1 Å². The molecule has 0 heterocycles. The molecule has 2 aromatic rings. The molecule has 3 nitrogen and oxygen atoms in total. The first-order valence-electron chi connectivity index (χ1n) is 6.02. The average Bonchev–Trinajstić information content (AvgIpc) is 2.35. The number of carbonyl (C=O) groups excluding carboxylic acids is 1. The van der Waals surface area contributed by atoms with E-state index >= 15 is 0 Å². The van der Waals surface area contributed by atoms with E-state index in [1.165, 1.54) is 6.07 Å². The van der Waals surface area contributed by atoms with Crippen molar-refractivity contribution >= 4 is 33.2 Å². The Hall–Kier alpha value is -1.88. The monoisotopic (exact) mass is 336 g/mol. The summed E-state index contributed by atoms with van der Waals surface area (Å²) in [4.78, 5) is 12.3. The van der Waals surface area contributed by atoms with E-state index in [0.29, 0.717) is 21.4 Å². The number of carbonyl (C=O) groups is 1. The summed E-state index contributed by atoms with van der Waals surface area (Å²) in [7, 11) is 0. The third-order valence-electron chi connectivity index (χ3n) is 3.05. The number of amides is 1. The number of anilines is 2.